The average Bonchev–Trinajstić information content (AvgIpc) is 3.56. The number of amides is 2. The van der Waals surface area contributed by atoms with Crippen LogP contribution in [0.5, 0.6) is 0 Å². The highest BCUT2D eigenvalue weighted by Crippen LogP contribution is 2.29. The molecule has 7 nitrogen and oxygen atoms in total. The Kier molecular flexibility index (Phi) is 11.0. The summed E-state index contributed by atoms with van der Waals surface area (Å²) in [4.78, 5) is 30.2. The van der Waals surface area contributed by atoms with Crippen LogP contribution in [0, 0.1) is 6.92 Å². The van der Waals surface area contributed by atoms with Crippen molar-refractivity contribution in [1.82, 2.24) is 10.2 Å². The van der Waals surface area contributed by atoms with Crippen molar-refractivity contribution in [3.05, 3.63) is 130 Å². The van der Waals surface area contributed by atoms with E-state index in [0.29, 0.717) is 21.3 Å². The summed E-state index contributed by atoms with van der Waals surface area (Å²) in [5.74, 6) is -0.877. The first kappa shape index (κ1) is 33.5. The molecule has 2 amide bonds. The molecule has 1 N–H and O–H groups in total. The Labute approximate surface area is 281 Å². The van der Waals surface area contributed by atoms with Crippen LogP contribution in [0.4, 0.5) is 5.69 Å². The monoisotopic (exact) mass is 677 g/mol. The Morgan fingerprint density at radius 2 is 1.41 bits per heavy atom. The lowest BCUT2D eigenvalue weighted by Crippen LogP contribution is -2.54. The molecule has 0 aliphatic heterocycles. The molecule has 0 radical (unpaired) electrons. The number of sulfonamides is 1. The van der Waals surface area contributed by atoms with E-state index in [-0.39, 0.29) is 29.8 Å². The maximum absolute atomic E-state index is 14.6. The summed E-state index contributed by atoms with van der Waals surface area (Å²) in [5, 5.41) is 3.85. The van der Waals surface area contributed by atoms with E-state index in [0.717, 1.165) is 41.1 Å². The number of para-hydroxylation sites is 1. The van der Waals surface area contributed by atoms with Crippen LogP contribution in [0.15, 0.2) is 108 Å². The summed E-state index contributed by atoms with van der Waals surface area (Å²) in [6.45, 7) is 1.22. The first-order chi connectivity index (χ1) is 22.1. The molecule has 1 fully saturated rings. The van der Waals surface area contributed by atoms with Crippen LogP contribution in [0.3, 0.4) is 0 Å². The van der Waals surface area contributed by atoms with Gasteiger partial charge in [-0.25, -0.2) is 8.42 Å². The van der Waals surface area contributed by atoms with Crippen molar-refractivity contribution in [2.24, 2.45) is 0 Å². The first-order valence-corrected chi connectivity index (χ1v) is 17.5. The molecule has 240 valence electrons. The quantitative estimate of drug-likeness (QED) is 0.172. The fraction of sp³-hybridized carbons (Fsp3) is 0.278. The van der Waals surface area contributed by atoms with E-state index in [4.69, 9.17) is 23.2 Å². The van der Waals surface area contributed by atoms with Crippen molar-refractivity contribution in [3.8, 4) is 0 Å². The number of hydrogen-bond acceptors (Lipinski definition) is 4. The van der Waals surface area contributed by atoms with Crippen LogP contribution < -0.4 is 9.62 Å². The molecule has 1 aliphatic rings. The predicted octanol–water partition coefficient (Wildman–Crippen LogP) is 7.20. The van der Waals surface area contributed by atoms with Gasteiger partial charge in [-0.05, 0) is 61.7 Å². The van der Waals surface area contributed by atoms with E-state index in [9.17, 15) is 18.0 Å². The molecule has 0 saturated heterocycles. The molecule has 4 aromatic carbocycles. The Morgan fingerprint density at radius 1 is 0.826 bits per heavy atom. The van der Waals surface area contributed by atoms with Gasteiger partial charge in [0.2, 0.25) is 11.8 Å². The van der Waals surface area contributed by atoms with Gasteiger partial charge in [-0.3, -0.25) is 13.9 Å². The average molecular weight is 679 g/mol. The first-order valence-electron chi connectivity index (χ1n) is 15.3. The lowest BCUT2D eigenvalue weighted by Gasteiger charge is -2.34. The summed E-state index contributed by atoms with van der Waals surface area (Å²) in [7, 11) is -4.18. The summed E-state index contributed by atoms with van der Waals surface area (Å²) in [6, 6.07) is 28.5. The van der Waals surface area contributed by atoms with Crippen LogP contribution in [0.1, 0.15) is 42.4 Å². The number of rotatable bonds is 12. The highest BCUT2D eigenvalue weighted by Gasteiger charge is 2.36. The fourth-order valence-electron chi connectivity index (χ4n) is 5.74. The number of anilines is 1. The smallest absolute Gasteiger partial charge is 0.264 e. The maximum Gasteiger partial charge on any atom is 0.264 e. The van der Waals surface area contributed by atoms with Gasteiger partial charge in [-0.2, -0.15) is 0 Å². The second kappa shape index (κ2) is 15.2. The third-order valence-electron chi connectivity index (χ3n) is 8.29. The van der Waals surface area contributed by atoms with Gasteiger partial charge < -0.3 is 10.2 Å². The summed E-state index contributed by atoms with van der Waals surface area (Å²) in [5.41, 5.74) is 2.55. The molecule has 5 rings (SSSR count). The van der Waals surface area contributed by atoms with Crippen molar-refractivity contribution < 1.29 is 18.0 Å². The third kappa shape index (κ3) is 8.10. The van der Waals surface area contributed by atoms with Gasteiger partial charge in [0.1, 0.15) is 12.6 Å². The number of halogens is 2. The molecule has 0 heterocycles. The van der Waals surface area contributed by atoms with E-state index >= 15 is 0 Å². The third-order valence-corrected chi connectivity index (χ3v) is 10.8. The van der Waals surface area contributed by atoms with Crippen LogP contribution >= 0.6 is 23.2 Å². The predicted molar refractivity (Wildman–Crippen MR) is 183 cm³/mol. The molecule has 0 aromatic heterocycles. The molecule has 1 atom stereocenters. The number of carbonyl (C=O) groups excluding carboxylic acids is 2. The highest BCUT2D eigenvalue weighted by atomic mass is 35.5. The van der Waals surface area contributed by atoms with E-state index in [1.54, 1.807) is 60.7 Å². The molecule has 1 saturated carbocycles. The molecule has 0 spiro atoms. The zero-order valence-electron chi connectivity index (χ0n) is 25.6. The van der Waals surface area contributed by atoms with Gasteiger partial charge in [0.25, 0.3) is 10.0 Å². The standard InChI is InChI=1S/C36H37Cl2N3O4S/c1-26-19-21-30(22-20-26)46(44,45)41(29-15-6-3-7-16-29)25-35(42)40(24-31-32(37)17-10-18-33(31)38)34(23-27-11-4-2-5-12-27)36(43)39-28-13-8-9-14-28/h2-7,10-12,15-22,28,34H,8-9,13-14,23-25H2,1H3,(H,39,43). The number of aryl methyl sites for hydroxylation is 1. The molecule has 1 unspecified atom stereocenters. The Balaban J connectivity index is 1.58. The van der Waals surface area contributed by atoms with Gasteiger partial charge in [0.15, 0.2) is 0 Å². The molecule has 4 aromatic rings. The Morgan fingerprint density at radius 3 is 2.02 bits per heavy atom. The summed E-state index contributed by atoms with van der Waals surface area (Å²) < 4.78 is 29.3. The van der Waals surface area contributed by atoms with Crippen molar-refractivity contribution in [3.63, 3.8) is 0 Å². The topological polar surface area (TPSA) is 86.8 Å². The molecule has 0 bridgehead atoms. The van der Waals surface area contributed by atoms with Gasteiger partial charge in [0.05, 0.1) is 10.6 Å². The molecular formula is C36H37Cl2N3O4S. The zero-order valence-corrected chi connectivity index (χ0v) is 27.9. The van der Waals surface area contributed by atoms with Crippen LogP contribution in [0.2, 0.25) is 10.0 Å². The summed E-state index contributed by atoms with van der Waals surface area (Å²) >= 11 is 13.2. The highest BCUT2D eigenvalue weighted by molar-refractivity contribution is 7.92. The molecule has 46 heavy (non-hydrogen) atoms. The minimum Gasteiger partial charge on any atom is -0.352 e. The second-order valence-corrected chi connectivity index (χ2v) is 14.3. The maximum atomic E-state index is 14.6. The lowest BCUT2D eigenvalue weighted by molar-refractivity contribution is -0.140. The van der Waals surface area contributed by atoms with E-state index in [1.807, 2.05) is 37.3 Å². The van der Waals surface area contributed by atoms with Crippen molar-refractivity contribution in [2.45, 2.75) is 62.6 Å². The zero-order chi connectivity index (χ0) is 32.7. The summed E-state index contributed by atoms with van der Waals surface area (Å²) in [6.07, 6.45) is 3.99. The number of hydrogen-bond donors (Lipinski definition) is 1. The fourth-order valence-corrected chi connectivity index (χ4v) is 7.67. The Hall–Kier alpha value is -3.85. The van der Waals surface area contributed by atoms with Gasteiger partial charge >= 0.3 is 0 Å². The lowest BCUT2D eigenvalue weighted by atomic mass is 10.0. The SMILES string of the molecule is Cc1ccc(S(=O)(=O)N(CC(=O)N(Cc2c(Cl)cccc2Cl)C(Cc2ccccc2)C(=O)NC2CCCC2)c2ccccc2)cc1. The minimum atomic E-state index is -4.18. The number of nitrogens with one attached hydrogen (secondary N) is 1. The van der Waals surface area contributed by atoms with Crippen molar-refractivity contribution in [1.29, 1.82) is 0 Å². The molecular weight excluding hydrogens is 641 g/mol. The number of carbonyl (C=O) groups is 2. The molecule has 1 aliphatic carbocycles. The van der Waals surface area contributed by atoms with Gasteiger partial charge in [-0.15, -0.1) is 0 Å². The number of nitrogens with zero attached hydrogens (tertiary/aromatic N) is 2. The van der Waals surface area contributed by atoms with E-state index in [2.05, 4.69) is 5.32 Å². The van der Waals surface area contributed by atoms with E-state index < -0.39 is 28.5 Å². The second-order valence-electron chi connectivity index (χ2n) is 11.6. The van der Waals surface area contributed by atoms with Crippen molar-refractivity contribution in [2.75, 3.05) is 10.8 Å². The van der Waals surface area contributed by atoms with Gasteiger partial charge in [0, 0.05) is 34.6 Å². The minimum absolute atomic E-state index is 0.00867. The number of benzene rings is 4. The largest absolute Gasteiger partial charge is 0.352 e. The Bertz CT molecular complexity index is 1730. The normalized spacial score (nSPS) is 14.1. The van der Waals surface area contributed by atoms with E-state index in [1.165, 1.54) is 17.0 Å². The van der Waals surface area contributed by atoms with Crippen LogP contribution in [0.25, 0.3) is 0 Å². The van der Waals surface area contributed by atoms with Crippen LogP contribution in [-0.4, -0.2) is 43.8 Å². The van der Waals surface area contributed by atoms with Crippen molar-refractivity contribution >= 4 is 50.7 Å². The van der Waals surface area contributed by atoms with Gasteiger partial charge in [-0.1, -0.05) is 108 Å². The van der Waals surface area contributed by atoms with Crippen LogP contribution in [-0.2, 0) is 32.6 Å². The molecule has 10 heteroatoms.